The first-order chi connectivity index (χ1) is 10.4. The zero-order valence-corrected chi connectivity index (χ0v) is 12.7. The summed E-state index contributed by atoms with van der Waals surface area (Å²) in [5.41, 5.74) is 5.17. The molecule has 0 spiro atoms. The molecule has 1 N–H and O–H groups in total. The van der Waals surface area contributed by atoms with E-state index in [0.717, 1.165) is 31.7 Å². The van der Waals surface area contributed by atoms with Crippen molar-refractivity contribution in [1.29, 1.82) is 0 Å². The fraction of sp³-hybridized carbons (Fsp3) is 0.389. The van der Waals surface area contributed by atoms with Gasteiger partial charge >= 0.3 is 0 Å². The maximum atomic E-state index is 4.47. The molecule has 2 aromatic rings. The Hall–Kier alpha value is -1.87. The number of aryl methyl sites for hydroxylation is 1. The van der Waals surface area contributed by atoms with Crippen molar-refractivity contribution in [1.82, 2.24) is 10.3 Å². The average Bonchev–Trinajstić information content (AvgIpc) is 2.55. The highest BCUT2D eigenvalue weighted by Gasteiger charge is 2.17. The number of fused-ring (bicyclic) bond motifs is 1. The molecule has 0 atom stereocenters. The lowest BCUT2D eigenvalue weighted by molar-refractivity contribution is 0.664. The van der Waals surface area contributed by atoms with Gasteiger partial charge in [0.25, 0.3) is 0 Å². The number of hydrogen-bond acceptors (Lipinski definition) is 3. The maximum absolute atomic E-state index is 4.47. The molecule has 2 heterocycles. The van der Waals surface area contributed by atoms with Gasteiger partial charge in [0.1, 0.15) is 0 Å². The second-order valence-corrected chi connectivity index (χ2v) is 5.57. The highest BCUT2D eigenvalue weighted by atomic mass is 15.1. The van der Waals surface area contributed by atoms with Gasteiger partial charge in [-0.05, 0) is 49.6 Å². The third-order valence-corrected chi connectivity index (χ3v) is 3.95. The van der Waals surface area contributed by atoms with Crippen molar-refractivity contribution in [2.45, 2.75) is 32.7 Å². The summed E-state index contributed by atoms with van der Waals surface area (Å²) < 4.78 is 0. The van der Waals surface area contributed by atoms with Crippen LogP contribution in [0.5, 0.6) is 0 Å². The average molecular weight is 281 g/mol. The van der Waals surface area contributed by atoms with E-state index in [2.05, 4.69) is 58.5 Å². The molecular formula is C18H23N3. The Labute approximate surface area is 127 Å². The van der Waals surface area contributed by atoms with Gasteiger partial charge in [0.05, 0.1) is 5.69 Å². The van der Waals surface area contributed by atoms with Crippen molar-refractivity contribution in [3.63, 3.8) is 0 Å². The monoisotopic (exact) mass is 281 g/mol. The molecule has 0 amide bonds. The number of aromatic nitrogens is 1. The first-order valence-electron chi connectivity index (χ1n) is 7.89. The largest absolute Gasteiger partial charge is 0.341 e. The number of pyridine rings is 1. The molecule has 1 aliphatic heterocycles. The second kappa shape index (κ2) is 6.72. The number of nitrogens with zero attached hydrogens (tertiary/aromatic N) is 2. The number of benzene rings is 1. The fourth-order valence-corrected chi connectivity index (χ4v) is 2.93. The summed E-state index contributed by atoms with van der Waals surface area (Å²) in [4.78, 5) is 6.89. The zero-order chi connectivity index (χ0) is 14.5. The summed E-state index contributed by atoms with van der Waals surface area (Å²) in [6.45, 7) is 5.15. The molecule has 3 heteroatoms. The smallest absolute Gasteiger partial charge is 0.0562 e. The van der Waals surface area contributed by atoms with Crippen LogP contribution in [0.1, 0.15) is 31.0 Å². The van der Waals surface area contributed by atoms with E-state index in [9.17, 15) is 0 Å². The lowest BCUT2D eigenvalue weighted by atomic mass is 10.0. The molecule has 110 valence electrons. The molecule has 0 bridgehead atoms. The molecule has 1 aliphatic rings. The van der Waals surface area contributed by atoms with Crippen molar-refractivity contribution in [2.75, 3.05) is 18.0 Å². The van der Waals surface area contributed by atoms with Crippen molar-refractivity contribution < 1.29 is 0 Å². The lowest BCUT2D eigenvalue weighted by Gasteiger charge is -2.31. The van der Waals surface area contributed by atoms with Gasteiger partial charge < -0.3 is 10.2 Å². The van der Waals surface area contributed by atoms with E-state index in [1.807, 2.05) is 6.20 Å². The van der Waals surface area contributed by atoms with E-state index in [1.165, 1.54) is 29.8 Å². The van der Waals surface area contributed by atoms with Crippen LogP contribution in [0.4, 0.5) is 11.4 Å². The molecule has 0 unspecified atom stereocenters. The van der Waals surface area contributed by atoms with Crippen LogP contribution in [0.2, 0.25) is 0 Å². The minimum atomic E-state index is 0.844. The number of hydrogen-bond donors (Lipinski definition) is 1. The molecule has 0 saturated heterocycles. The van der Waals surface area contributed by atoms with Gasteiger partial charge in [-0.15, -0.1) is 0 Å². The van der Waals surface area contributed by atoms with Gasteiger partial charge in [-0.3, -0.25) is 4.98 Å². The third-order valence-electron chi connectivity index (χ3n) is 3.95. The summed E-state index contributed by atoms with van der Waals surface area (Å²) in [6, 6.07) is 13.1. The van der Waals surface area contributed by atoms with Crippen molar-refractivity contribution in [2.24, 2.45) is 0 Å². The molecule has 21 heavy (non-hydrogen) atoms. The first kappa shape index (κ1) is 14.1. The minimum Gasteiger partial charge on any atom is -0.341 e. The Morgan fingerprint density at radius 1 is 1.24 bits per heavy atom. The number of para-hydroxylation sites is 1. The van der Waals surface area contributed by atoms with E-state index in [1.54, 1.807) is 0 Å². The van der Waals surface area contributed by atoms with Gasteiger partial charge in [-0.2, -0.15) is 0 Å². The summed E-state index contributed by atoms with van der Waals surface area (Å²) >= 11 is 0. The Morgan fingerprint density at radius 2 is 2.14 bits per heavy atom. The standard InChI is InChI=1S/C18H23N3/c1-2-10-19-14-16-13-17(9-11-20-16)21-12-5-7-15-6-3-4-8-18(15)21/h3-4,6,8-9,11,13,19H,2,5,7,10,12,14H2,1H3. The zero-order valence-electron chi connectivity index (χ0n) is 12.7. The van der Waals surface area contributed by atoms with Crippen LogP contribution in [-0.4, -0.2) is 18.1 Å². The molecule has 0 fully saturated rings. The van der Waals surface area contributed by atoms with Crippen LogP contribution in [0.3, 0.4) is 0 Å². The number of nitrogens with one attached hydrogen (secondary N) is 1. The van der Waals surface area contributed by atoms with Gasteiger partial charge in [0, 0.05) is 30.7 Å². The SMILES string of the molecule is CCCNCc1cc(N2CCCc3ccccc32)ccn1. The normalized spacial score (nSPS) is 14.0. The van der Waals surface area contributed by atoms with Crippen molar-refractivity contribution in [3.05, 3.63) is 53.9 Å². The third kappa shape index (κ3) is 3.24. The number of anilines is 2. The molecule has 0 aliphatic carbocycles. The van der Waals surface area contributed by atoms with Gasteiger partial charge in [-0.1, -0.05) is 25.1 Å². The van der Waals surface area contributed by atoms with E-state index < -0.39 is 0 Å². The van der Waals surface area contributed by atoms with E-state index in [4.69, 9.17) is 0 Å². The van der Waals surface area contributed by atoms with Crippen molar-refractivity contribution in [3.8, 4) is 0 Å². The molecule has 0 radical (unpaired) electrons. The van der Waals surface area contributed by atoms with Gasteiger partial charge in [-0.25, -0.2) is 0 Å². The lowest BCUT2D eigenvalue weighted by Crippen LogP contribution is -2.24. The summed E-state index contributed by atoms with van der Waals surface area (Å²) in [7, 11) is 0. The molecule has 1 aromatic carbocycles. The Bertz CT molecular complexity index is 595. The van der Waals surface area contributed by atoms with Crippen molar-refractivity contribution >= 4 is 11.4 Å². The Kier molecular flexibility index (Phi) is 4.51. The van der Waals surface area contributed by atoms with E-state index in [-0.39, 0.29) is 0 Å². The number of rotatable bonds is 5. The topological polar surface area (TPSA) is 28.2 Å². The predicted molar refractivity (Wildman–Crippen MR) is 88.0 cm³/mol. The van der Waals surface area contributed by atoms with Crippen LogP contribution >= 0.6 is 0 Å². The highest BCUT2D eigenvalue weighted by molar-refractivity contribution is 5.67. The van der Waals surface area contributed by atoms with Crippen LogP contribution in [-0.2, 0) is 13.0 Å². The van der Waals surface area contributed by atoms with Gasteiger partial charge in [0.15, 0.2) is 0 Å². The molecule has 3 nitrogen and oxygen atoms in total. The van der Waals surface area contributed by atoms with Crippen LogP contribution < -0.4 is 10.2 Å². The predicted octanol–water partition coefficient (Wildman–Crippen LogP) is 3.67. The fourth-order valence-electron chi connectivity index (χ4n) is 2.93. The highest BCUT2D eigenvalue weighted by Crippen LogP contribution is 2.33. The van der Waals surface area contributed by atoms with Crippen LogP contribution in [0, 0.1) is 0 Å². The van der Waals surface area contributed by atoms with Crippen LogP contribution in [0.15, 0.2) is 42.6 Å². The summed E-state index contributed by atoms with van der Waals surface area (Å²) in [6.07, 6.45) is 5.47. The Balaban J connectivity index is 1.83. The molecular weight excluding hydrogens is 258 g/mol. The second-order valence-electron chi connectivity index (χ2n) is 5.57. The quantitative estimate of drug-likeness (QED) is 0.848. The minimum absolute atomic E-state index is 0.844. The Morgan fingerprint density at radius 3 is 3.05 bits per heavy atom. The molecule has 0 saturated carbocycles. The van der Waals surface area contributed by atoms with Gasteiger partial charge in [0.2, 0.25) is 0 Å². The maximum Gasteiger partial charge on any atom is 0.0562 e. The first-order valence-corrected chi connectivity index (χ1v) is 7.89. The molecule has 3 rings (SSSR count). The summed E-state index contributed by atoms with van der Waals surface area (Å²) in [5, 5.41) is 3.42. The summed E-state index contributed by atoms with van der Waals surface area (Å²) in [5.74, 6) is 0. The molecule has 1 aromatic heterocycles. The van der Waals surface area contributed by atoms with E-state index in [0.29, 0.717) is 0 Å². The van der Waals surface area contributed by atoms with E-state index >= 15 is 0 Å². The van der Waals surface area contributed by atoms with Crippen LogP contribution in [0.25, 0.3) is 0 Å².